The molecule has 0 amide bonds. The standard InChI is InChI=1S/C20H18O6/c1-12-4-6-15-14(11-25-17(15)8-12)10-19(21)26-16-7-5-13(20(22)24-3)9-18(16)23-2/h4-9,11H,10H2,1-3H3. The van der Waals surface area contributed by atoms with E-state index in [0.717, 1.165) is 22.1 Å². The van der Waals surface area contributed by atoms with E-state index < -0.39 is 11.9 Å². The summed E-state index contributed by atoms with van der Waals surface area (Å²) < 4.78 is 20.7. The second kappa shape index (κ2) is 7.31. The molecular weight excluding hydrogens is 336 g/mol. The number of fused-ring (bicyclic) bond motifs is 1. The summed E-state index contributed by atoms with van der Waals surface area (Å²) in [6, 6.07) is 10.3. The lowest BCUT2D eigenvalue weighted by Gasteiger charge is -2.10. The number of hydrogen-bond acceptors (Lipinski definition) is 6. The maximum Gasteiger partial charge on any atom is 0.337 e. The Morgan fingerprint density at radius 2 is 1.85 bits per heavy atom. The molecule has 0 saturated carbocycles. The third kappa shape index (κ3) is 3.54. The fraction of sp³-hybridized carbons (Fsp3) is 0.200. The number of furan rings is 1. The molecule has 0 aliphatic carbocycles. The summed E-state index contributed by atoms with van der Waals surface area (Å²) in [4.78, 5) is 23.9. The highest BCUT2D eigenvalue weighted by molar-refractivity contribution is 5.90. The van der Waals surface area contributed by atoms with E-state index in [4.69, 9.17) is 13.9 Å². The molecule has 0 unspecified atom stereocenters. The predicted molar refractivity (Wildman–Crippen MR) is 94.6 cm³/mol. The van der Waals surface area contributed by atoms with Crippen LogP contribution in [0.25, 0.3) is 11.0 Å². The van der Waals surface area contributed by atoms with E-state index in [1.165, 1.54) is 32.4 Å². The summed E-state index contributed by atoms with van der Waals surface area (Å²) in [5.41, 5.74) is 2.86. The summed E-state index contributed by atoms with van der Waals surface area (Å²) in [6.07, 6.45) is 1.61. The first-order valence-corrected chi connectivity index (χ1v) is 7.95. The molecule has 3 rings (SSSR count). The van der Waals surface area contributed by atoms with E-state index in [2.05, 4.69) is 4.74 Å². The van der Waals surface area contributed by atoms with Gasteiger partial charge in [-0.15, -0.1) is 0 Å². The van der Waals surface area contributed by atoms with E-state index in [1.807, 2.05) is 25.1 Å². The Morgan fingerprint density at radius 1 is 1.04 bits per heavy atom. The molecule has 0 spiro atoms. The van der Waals surface area contributed by atoms with Gasteiger partial charge in [-0.2, -0.15) is 0 Å². The van der Waals surface area contributed by atoms with Gasteiger partial charge in [0.05, 0.1) is 32.5 Å². The van der Waals surface area contributed by atoms with Crippen LogP contribution in [-0.4, -0.2) is 26.2 Å². The minimum absolute atomic E-state index is 0.0535. The second-order valence-electron chi connectivity index (χ2n) is 5.77. The van der Waals surface area contributed by atoms with Crippen LogP contribution in [-0.2, 0) is 16.0 Å². The van der Waals surface area contributed by atoms with Gasteiger partial charge in [0.2, 0.25) is 0 Å². The van der Waals surface area contributed by atoms with Crippen LogP contribution in [0.15, 0.2) is 47.1 Å². The molecule has 26 heavy (non-hydrogen) atoms. The number of aryl methyl sites for hydroxylation is 1. The van der Waals surface area contributed by atoms with Crippen LogP contribution in [0.5, 0.6) is 11.5 Å². The van der Waals surface area contributed by atoms with Gasteiger partial charge in [0.1, 0.15) is 5.58 Å². The van der Waals surface area contributed by atoms with Crippen molar-refractivity contribution in [2.24, 2.45) is 0 Å². The lowest BCUT2D eigenvalue weighted by atomic mass is 10.1. The van der Waals surface area contributed by atoms with Gasteiger partial charge in [-0.05, 0) is 36.8 Å². The Morgan fingerprint density at radius 3 is 2.58 bits per heavy atom. The molecule has 0 radical (unpaired) electrons. The van der Waals surface area contributed by atoms with Crippen LogP contribution in [0.1, 0.15) is 21.5 Å². The molecule has 1 heterocycles. The Balaban J connectivity index is 1.78. The van der Waals surface area contributed by atoms with Gasteiger partial charge in [0.15, 0.2) is 11.5 Å². The highest BCUT2D eigenvalue weighted by atomic mass is 16.6. The maximum absolute atomic E-state index is 12.3. The van der Waals surface area contributed by atoms with Gasteiger partial charge in [-0.3, -0.25) is 4.79 Å². The lowest BCUT2D eigenvalue weighted by Crippen LogP contribution is -2.12. The summed E-state index contributed by atoms with van der Waals surface area (Å²) >= 11 is 0. The van der Waals surface area contributed by atoms with Crippen molar-refractivity contribution < 1.29 is 28.2 Å². The number of rotatable bonds is 5. The van der Waals surface area contributed by atoms with Gasteiger partial charge in [-0.1, -0.05) is 12.1 Å². The Bertz CT molecular complexity index is 970. The highest BCUT2D eigenvalue weighted by Crippen LogP contribution is 2.29. The average molecular weight is 354 g/mol. The summed E-state index contributed by atoms with van der Waals surface area (Å²) in [5.74, 6) is -0.457. The Labute approximate surface area is 150 Å². The average Bonchev–Trinajstić information content (AvgIpc) is 3.02. The summed E-state index contributed by atoms with van der Waals surface area (Å²) in [6.45, 7) is 1.97. The number of ether oxygens (including phenoxy) is 3. The van der Waals surface area contributed by atoms with E-state index >= 15 is 0 Å². The number of hydrogen-bond donors (Lipinski definition) is 0. The SMILES string of the molecule is COC(=O)c1ccc(OC(=O)Cc2coc3cc(C)ccc23)c(OC)c1. The zero-order valence-corrected chi connectivity index (χ0v) is 14.7. The van der Waals surface area contributed by atoms with Crippen LogP contribution in [0.4, 0.5) is 0 Å². The third-order valence-electron chi connectivity index (χ3n) is 3.95. The zero-order chi connectivity index (χ0) is 18.7. The van der Waals surface area contributed by atoms with E-state index in [9.17, 15) is 9.59 Å². The van der Waals surface area contributed by atoms with Crippen molar-refractivity contribution in [2.45, 2.75) is 13.3 Å². The minimum Gasteiger partial charge on any atom is -0.493 e. The normalized spacial score (nSPS) is 10.6. The largest absolute Gasteiger partial charge is 0.493 e. The molecule has 6 heteroatoms. The maximum atomic E-state index is 12.3. The summed E-state index contributed by atoms with van der Waals surface area (Å²) in [7, 11) is 2.72. The van der Waals surface area contributed by atoms with Crippen LogP contribution in [0.2, 0.25) is 0 Å². The van der Waals surface area contributed by atoms with Gasteiger partial charge in [0.25, 0.3) is 0 Å². The third-order valence-corrected chi connectivity index (χ3v) is 3.95. The molecule has 0 aliphatic rings. The molecule has 0 aliphatic heterocycles. The molecule has 3 aromatic rings. The Hall–Kier alpha value is -3.28. The van der Waals surface area contributed by atoms with E-state index in [-0.39, 0.29) is 17.9 Å². The van der Waals surface area contributed by atoms with Gasteiger partial charge in [-0.25, -0.2) is 4.79 Å². The molecule has 1 aromatic heterocycles. The van der Waals surface area contributed by atoms with Crippen LogP contribution in [0.3, 0.4) is 0 Å². The van der Waals surface area contributed by atoms with E-state index in [0.29, 0.717) is 5.56 Å². The zero-order valence-electron chi connectivity index (χ0n) is 14.7. The van der Waals surface area contributed by atoms with Crippen LogP contribution >= 0.6 is 0 Å². The fourth-order valence-electron chi connectivity index (χ4n) is 2.64. The van der Waals surface area contributed by atoms with Gasteiger partial charge >= 0.3 is 11.9 Å². The van der Waals surface area contributed by atoms with Crippen LogP contribution in [0, 0.1) is 6.92 Å². The smallest absolute Gasteiger partial charge is 0.337 e. The molecule has 0 N–H and O–H groups in total. The molecule has 6 nitrogen and oxygen atoms in total. The number of carbonyl (C=O) groups is 2. The molecule has 0 atom stereocenters. The fourth-order valence-corrected chi connectivity index (χ4v) is 2.64. The monoisotopic (exact) mass is 354 g/mol. The molecule has 0 saturated heterocycles. The molecular formula is C20H18O6. The van der Waals surface area contributed by atoms with Gasteiger partial charge < -0.3 is 18.6 Å². The topological polar surface area (TPSA) is 75.0 Å². The van der Waals surface area contributed by atoms with Crippen molar-refractivity contribution >= 4 is 22.9 Å². The van der Waals surface area contributed by atoms with Crippen molar-refractivity contribution in [1.29, 1.82) is 0 Å². The van der Waals surface area contributed by atoms with Crippen molar-refractivity contribution in [3.8, 4) is 11.5 Å². The van der Waals surface area contributed by atoms with Crippen molar-refractivity contribution in [3.05, 3.63) is 59.4 Å². The van der Waals surface area contributed by atoms with Gasteiger partial charge in [0, 0.05) is 10.9 Å². The summed E-state index contributed by atoms with van der Waals surface area (Å²) in [5, 5.41) is 0.876. The lowest BCUT2D eigenvalue weighted by molar-refractivity contribution is -0.133. The second-order valence-corrected chi connectivity index (χ2v) is 5.77. The number of benzene rings is 2. The number of carbonyl (C=O) groups excluding carboxylic acids is 2. The highest BCUT2D eigenvalue weighted by Gasteiger charge is 2.16. The van der Waals surface area contributed by atoms with Crippen molar-refractivity contribution in [1.82, 2.24) is 0 Å². The minimum atomic E-state index is -0.499. The molecule has 2 aromatic carbocycles. The predicted octanol–water partition coefficient (Wildman–Crippen LogP) is 3.68. The molecule has 0 fully saturated rings. The molecule has 0 bridgehead atoms. The number of esters is 2. The first kappa shape index (κ1) is 17.5. The van der Waals surface area contributed by atoms with Crippen molar-refractivity contribution in [3.63, 3.8) is 0 Å². The molecule has 134 valence electrons. The van der Waals surface area contributed by atoms with Crippen molar-refractivity contribution in [2.75, 3.05) is 14.2 Å². The van der Waals surface area contributed by atoms with E-state index in [1.54, 1.807) is 6.26 Å². The quantitative estimate of drug-likeness (QED) is 0.514. The first-order valence-electron chi connectivity index (χ1n) is 7.95. The number of methoxy groups -OCH3 is 2. The first-order chi connectivity index (χ1) is 12.5. The Kier molecular flexibility index (Phi) is 4.93. The van der Waals surface area contributed by atoms with Crippen LogP contribution < -0.4 is 9.47 Å².